The third-order valence-corrected chi connectivity index (χ3v) is 3.41. The molecule has 2 N–H and O–H groups in total. The van der Waals surface area contributed by atoms with Crippen LogP contribution in [-0.4, -0.2) is 35.9 Å². The first-order valence-electron chi connectivity index (χ1n) is 7.81. The van der Waals surface area contributed by atoms with E-state index >= 15 is 0 Å². The topological polar surface area (TPSA) is 128 Å². The number of rotatable bonds is 7. The molecule has 0 aliphatic heterocycles. The van der Waals surface area contributed by atoms with Gasteiger partial charge in [0.25, 0.3) is 11.6 Å². The summed E-state index contributed by atoms with van der Waals surface area (Å²) in [6.07, 6.45) is 0. The van der Waals surface area contributed by atoms with Crippen LogP contribution in [0.15, 0.2) is 36.4 Å². The van der Waals surface area contributed by atoms with Crippen molar-refractivity contribution < 1.29 is 37.2 Å². The highest BCUT2D eigenvalue weighted by molar-refractivity contribution is 5.96. The lowest BCUT2D eigenvalue weighted by molar-refractivity contribution is -0.385. The Balaban J connectivity index is 1.84. The van der Waals surface area contributed by atoms with Gasteiger partial charge in [-0.05, 0) is 18.2 Å². The Labute approximate surface area is 160 Å². The average Bonchev–Trinajstić information content (AvgIpc) is 2.70. The highest BCUT2D eigenvalue weighted by Gasteiger charge is 2.21. The van der Waals surface area contributed by atoms with Crippen LogP contribution in [0.25, 0.3) is 0 Å². The van der Waals surface area contributed by atoms with Crippen LogP contribution in [0.2, 0.25) is 0 Å². The van der Waals surface area contributed by atoms with E-state index in [2.05, 4.69) is 4.74 Å². The first-order chi connectivity index (χ1) is 13.7. The Morgan fingerprint density at radius 2 is 1.69 bits per heavy atom. The van der Waals surface area contributed by atoms with E-state index in [0.717, 1.165) is 18.2 Å². The van der Waals surface area contributed by atoms with Crippen LogP contribution < -0.4 is 10.6 Å². The third-order valence-electron chi connectivity index (χ3n) is 3.41. The van der Waals surface area contributed by atoms with E-state index in [0.29, 0.717) is 6.07 Å². The number of anilines is 1. The largest absolute Gasteiger partial charge is 0.452 e. The molecule has 9 nitrogen and oxygen atoms in total. The number of hydrogen-bond donors (Lipinski definition) is 2. The second-order valence-corrected chi connectivity index (χ2v) is 5.40. The molecule has 152 valence electrons. The molecule has 0 aliphatic carbocycles. The van der Waals surface area contributed by atoms with Gasteiger partial charge in [0, 0.05) is 6.07 Å². The maximum Gasteiger partial charge on any atom is 0.345 e. The maximum atomic E-state index is 13.5. The lowest BCUT2D eigenvalue weighted by atomic mass is 10.2. The number of ether oxygens (including phenoxy) is 1. The van der Waals surface area contributed by atoms with Gasteiger partial charge >= 0.3 is 5.97 Å². The Bertz CT molecular complexity index is 983. The smallest absolute Gasteiger partial charge is 0.345 e. The molecule has 2 aromatic carbocycles. The molecular weight excluding hydrogens is 399 g/mol. The molecule has 0 saturated carbocycles. The molecule has 0 radical (unpaired) electrons. The van der Waals surface area contributed by atoms with Gasteiger partial charge in [-0.25, -0.2) is 18.0 Å². The molecule has 0 unspecified atom stereocenters. The quantitative estimate of drug-likeness (QED) is 0.310. The van der Waals surface area contributed by atoms with Crippen LogP contribution in [0.4, 0.5) is 24.5 Å². The number of benzene rings is 2. The number of esters is 1. The normalized spacial score (nSPS) is 10.2. The first kappa shape index (κ1) is 21.3. The highest BCUT2D eigenvalue weighted by atomic mass is 19.2. The number of nitro benzene ring substituents is 1. The van der Waals surface area contributed by atoms with E-state index in [9.17, 15) is 37.7 Å². The number of para-hydroxylation sites is 1. The minimum atomic E-state index is -1.77. The summed E-state index contributed by atoms with van der Waals surface area (Å²) in [5.41, 5.74) is -1.51. The molecule has 2 amide bonds. The Morgan fingerprint density at radius 3 is 2.38 bits per heavy atom. The molecule has 29 heavy (non-hydrogen) atoms. The summed E-state index contributed by atoms with van der Waals surface area (Å²) in [4.78, 5) is 45.2. The number of nitro groups is 1. The van der Waals surface area contributed by atoms with Crippen molar-refractivity contribution in [3.63, 3.8) is 0 Å². The van der Waals surface area contributed by atoms with E-state index < -0.39 is 64.7 Å². The summed E-state index contributed by atoms with van der Waals surface area (Å²) >= 11 is 0. The second kappa shape index (κ2) is 9.30. The maximum absolute atomic E-state index is 13.5. The summed E-state index contributed by atoms with van der Waals surface area (Å²) < 4.78 is 44.0. The van der Waals surface area contributed by atoms with E-state index in [1.54, 1.807) is 0 Å². The molecular formula is C17H12F3N3O6. The first-order valence-corrected chi connectivity index (χ1v) is 7.81. The number of nitrogens with zero attached hydrogens (tertiary/aromatic N) is 1. The number of amides is 2. The van der Waals surface area contributed by atoms with Crippen LogP contribution in [-0.2, 0) is 14.3 Å². The van der Waals surface area contributed by atoms with E-state index in [1.807, 2.05) is 10.6 Å². The van der Waals surface area contributed by atoms with E-state index in [4.69, 9.17) is 0 Å². The number of hydrogen-bond acceptors (Lipinski definition) is 6. The van der Waals surface area contributed by atoms with Gasteiger partial charge in [-0.1, -0.05) is 12.1 Å². The van der Waals surface area contributed by atoms with Crippen molar-refractivity contribution in [3.05, 3.63) is 69.5 Å². The molecule has 0 saturated heterocycles. The molecule has 0 atom stereocenters. The number of halogens is 3. The van der Waals surface area contributed by atoms with Crippen molar-refractivity contribution in [2.24, 2.45) is 0 Å². The Morgan fingerprint density at radius 1 is 1.00 bits per heavy atom. The van der Waals surface area contributed by atoms with Crippen LogP contribution in [0.3, 0.4) is 0 Å². The van der Waals surface area contributed by atoms with Gasteiger partial charge in [0.05, 0.1) is 17.2 Å². The predicted octanol–water partition coefficient (Wildman–Crippen LogP) is 1.92. The fourth-order valence-electron chi connectivity index (χ4n) is 2.06. The summed E-state index contributed by atoms with van der Waals surface area (Å²) in [5.74, 6) is -7.84. The predicted molar refractivity (Wildman–Crippen MR) is 91.3 cm³/mol. The molecule has 0 aromatic heterocycles. The fourth-order valence-corrected chi connectivity index (χ4v) is 2.06. The van der Waals surface area contributed by atoms with Crippen LogP contribution in [0.5, 0.6) is 0 Å². The molecule has 2 aromatic rings. The summed E-state index contributed by atoms with van der Waals surface area (Å²) in [7, 11) is 0. The van der Waals surface area contributed by atoms with Gasteiger partial charge < -0.3 is 15.4 Å². The standard InChI is InChI=1S/C17H12F3N3O6/c18-10-5-6-11(16(20)15(10)19)22-13(24)7-21-14(25)8-29-17(26)9-3-1-2-4-12(9)23(27)28/h1-6H,7-8H2,(H,21,25)(H,22,24). The molecule has 0 heterocycles. The van der Waals surface area contributed by atoms with Gasteiger partial charge in [-0.15, -0.1) is 0 Å². The summed E-state index contributed by atoms with van der Waals surface area (Å²) in [6, 6.07) is 6.33. The zero-order valence-electron chi connectivity index (χ0n) is 14.4. The summed E-state index contributed by atoms with van der Waals surface area (Å²) in [5, 5.41) is 14.8. The average molecular weight is 411 g/mol. The molecule has 0 bridgehead atoms. The zero-order chi connectivity index (χ0) is 21.6. The SMILES string of the molecule is O=C(COC(=O)c1ccccc1[N+](=O)[O-])NCC(=O)Nc1ccc(F)c(F)c1F. The van der Waals surface area contributed by atoms with Gasteiger partial charge in [0.15, 0.2) is 24.1 Å². The van der Waals surface area contributed by atoms with Gasteiger partial charge in [-0.2, -0.15) is 0 Å². The molecule has 12 heteroatoms. The van der Waals surface area contributed by atoms with Gasteiger partial charge in [0.1, 0.15) is 5.56 Å². The second-order valence-electron chi connectivity index (χ2n) is 5.40. The molecule has 0 fully saturated rings. The Hall–Kier alpha value is -3.96. The van der Waals surface area contributed by atoms with Crippen molar-refractivity contribution in [1.29, 1.82) is 0 Å². The van der Waals surface area contributed by atoms with Crippen LogP contribution in [0.1, 0.15) is 10.4 Å². The third kappa shape index (κ3) is 5.51. The van der Waals surface area contributed by atoms with Crippen LogP contribution in [0, 0.1) is 27.6 Å². The van der Waals surface area contributed by atoms with E-state index in [-0.39, 0.29) is 5.56 Å². The van der Waals surface area contributed by atoms with Crippen molar-refractivity contribution in [1.82, 2.24) is 5.32 Å². The van der Waals surface area contributed by atoms with Crippen LogP contribution >= 0.6 is 0 Å². The fraction of sp³-hybridized carbons (Fsp3) is 0.118. The number of nitrogens with one attached hydrogen (secondary N) is 2. The van der Waals surface area contributed by atoms with Gasteiger partial charge in [0.2, 0.25) is 5.91 Å². The van der Waals surface area contributed by atoms with Crippen molar-refractivity contribution >= 4 is 29.2 Å². The summed E-state index contributed by atoms with van der Waals surface area (Å²) in [6.45, 7) is -1.54. The molecule has 0 aliphatic rings. The van der Waals surface area contributed by atoms with E-state index in [1.165, 1.54) is 12.1 Å². The molecule has 2 rings (SSSR count). The Kier molecular flexibility index (Phi) is 6.85. The molecule has 0 spiro atoms. The lowest BCUT2D eigenvalue weighted by Gasteiger charge is -2.09. The number of carbonyl (C=O) groups is 3. The van der Waals surface area contributed by atoms with Crippen molar-refractivity contribution in [2.45, 2.75) is 0 Å². The van der Waals surface area contributed by atoms with Crippen molar-refractivity contribution in [2.75, 3.05) is 18.5 Å². The minimum absolute atomic E-state index is 0.364. The number of carbonyl (C=O) groups excluding carboxylic acids is 3. The van der Waals surface area contributed by atoms with Gasteiger partial charge in [-0.3, -0.25) is 19.7 Å². The highest BCUT2D eigenvalue weighted by Crippen LogP contribution is 2.20. The van der Waals surface area contributed by atoms with Crippen molar-refractivity contribution in [3.8, 4) is 0 Å². The monoisotopic (exact) mass is 411 g/mol. The lowest BCUT2D eigenvalue weighted by Crippen LogP contribution is -2.35. The minimum Gasteiger partial charge on any atom is -0.452 e. The zero-order valence-corrected chi connectivity index (χ0v) is 14.4.